The number of hydrogen-bond donors (Lipinski definition) is 2. The first kappa shape index (κ1) is 14.6. The van der Waals surface area contributed by atoms with Gasteiger partial charge in [-0.25, -0.2) is 18.6 Å². The predicted molar refractivity (Wildman–Crippen MR) is 68.6 cm³/mol. The van der Waals surface area contributed by atoms with Gasteiger partial charge >= 0.3 is 6.03 Å². The van der Waals surface area contributed by atoms with Crippen LogP contribution in [0.25, 0.3) is 0 Å². The number of carbonyl (C=O) groups is 2. The Bertz CT molecular complexity index is 508. The van der Waals surface area contributed by atoms with Crippen LogP contribution in [0.4, 0.5) is 13.6 Å². The zero-order valence-corrected chi connectivity index (χ0v) is 11.3. The molecule has 0 bridgehead atoms. The van der Waals surface area contributed by atoms with Crippen molar-refractivity contribution in [2.75, 3.05) is 6.54 Å². The number of nitrogens with one attached hydrogen (secondary N) is 1. The van der Waals surface area contributed by atoms with Gasteiger partial charge in [0.1, 0.15) is 10.7 Å². The van der Waals surface area contributed by atoms with Gasteiger partial charge in [-0.15, -0.1) is 11.3 Å². The van der Waals surface area contributed by atoms with Crippen LogP contribution in [0.3, 0.4) is 0 Å². The molecule has 2 heterocycles. The maximum absolute atomic E-state index is 12.7. The maximum atomic E-state index is 12.7. The van der Waals surface area contributed by atoms with E-state index in [1.165, 1.54) is 16.7 Å². The highest BCUT2D eigenvalue weighted by Crippen LogP contribution is 2.22. The molecule has 1 aromatic heterocycles. The quantitative estimate of drug-likeness (QED) is 0.875. The van der Waals surface area contributed by atoms with Crippen LogP contribution < -0.4 is 11.1 Å². The number of nitrogens with zero attached hydrogens (tertiary/aromatic N) is 2. The third-order valence-corrected chi connectivity index (χ3v) is 3.89. The predicted octanol–water partition coefficient (Wildman–Crippen LogP) is 1.18. The molecule has 1 atom stereocenters. The van der Waals surface area contributed by atoms with Crippen molar-refractivity contribution in [3.8, 4) is 0 Å². The normalized spacial score (nSPS) is 18.6. The summed E-state index contributed by atoms with van der Waals surface area (Å²) in [7, 11) is 0. The van der Waals surface area contributed by atoms with Crippen molar-refractivity contribution < 1.29 is 18.4 Å². The van der Waals surface area contributed by atoms with Crippen LogP contribution in [0, 0.1) is 0 Å². The molecule has 1 aliphatic heterocycles. The molecule has 0 saturated carbocycles. The summed E-state index contributed by atoms with van der Waals surface area (Å²) >= 11 is 1.18. The molecule has 9 heteroatoms. The Hall–Kier alpha value is -1.77. The van der Waals surface area contributed by atoms with Crippen molar-refractivity contribution in [3.05, 3.63) is 16.1 Å². The van der Waals surface area contributed by atoms with E-state index in [1.54, 1.807) is 0 Å². The molecular formula is C11H14F2N4O2S. The van der Waals surface area contributed by atoms with E-state index in [0.29, 0.717) is 24.4 Å². The summed E-state index contributed by atoms with van der Waals surface area (Å²) in [6.07, 6.45) is -1.65. The van der Waals surface area contributed by atoms with Crippen molar-refractivity contribution in [1.82, 2.24) is 15.2 Å². The van der Waals surface area contributed by atoms with Crippen LogP contribution in [-0.4, -0.2) is 40.8 Å². The number of halogens is 2. The van der Waals surface area contributed by atoms with Gasteiger partial charge in [-0.3, -0.25) is 4.79 Å². The lowest BCUT2D eigenvalue weighted by Gasteiger charge is -2.23. The smallest absolute Gasteiger partial charge is 0.318 e. The van der Waals surface area contributed by atoms with Gasteiger partial charge in [0.2, 0.25) is 0 Å². The van der Waals surface area contributed by atoms with Gasteiger partial charge in [-0.1, -0.05) is 0 Å². The molecule has 1 aromatic rings. The summed E-state index contributed by atoms with van der Waals surface area (Å²) in [5.41, 5.74) is 5.19. The molecular weight excluding hydrogens is 290 g/mol. The van der Waals surface area contributed by atoms with Crippen molar-refractivity contribution >= 4 is 23.3 Å². The Morgan fingerprint density at radius 1 is 1.60 bits per heavy atom. The number of alkyl halides is 2. The van der Waals surface area contributed by atoms with Crippen molar-refractivity contribution in [2.45, 2.75) is 31.9 Å². The molecule has 1 aliphatic rings. The van der Waals surface area contributed by atoms with Gasteiger partial charge in [0.05, 0.1) is 12.6 Å². The van der Waals surface area contributed by atoms with E-state index in [1.807, 2.05) is 0 Å². The lowest BCUT2D eigenvalue weighted by Crippen LogP contribution is -2.45. The summed E-state index contributed by atoms with van der Waals surface area (Å²) < 4.78 is 25.4. The highest BCUT2D eigenvalue weighted by atomic mass is 32.1. The summed E-state index contributed by atoms with van der Waals surface area (Å²) in [6.45, 7) is 0.411. The molecule has 0 spiro atoms. The minimum absolute atomic E-state index is 0.0865. The molecule has 1 fully saturated rings. The third kappa shape index (κ3) is 3.21. The van der Waals surface area contributed by atoms with E-state index in [-0.39, 0.29) is 12.2 Å². The van der Waals surface area contributed by atoms with Gasteiger partial charge in [-0.2, -0.15) is 0 Å². The standard InChI is InChI=1S/C11H14F2N4O2S/c12-9(13)7-2-1-3-17(7)11(19)15-4-8-16-6(5-20-8)10(14)18/h5,7,9H,1-4H2,(H2,14,18)(H,15,19)/t7-/m0/s1. The number of hydrogen-bond acceptors (Lipinski definition) is 4. The number of carbonyl (C=O) groups excluding carboxylic acids is 2. The van der Waals surface area contributed by atoms with Gasteiger partial charge in [0.15, 0.2) is 0 Å². The fourth-order valence-electron chi connectivity index (χ4n) is 2.06. The first-order valence-corrected chi connectivity index (χ1v) is 6.94. The highest BCUT2D eigenvalue weighted by Gasteiger charge is 2.35. The third-order valence-electron chi connectivity index (χ3n) is 3.05. The molecule has 6 nitrogen and oxygen atoms in total. The van der Waals surface area contributed by atoms with Crippen molar-refractivity contribution in [2.24, 2.45) is 5.73 Å². The number of likely N-dealkylation sites (tertiary alicyclic amines) is 1. The van der Waals surface area contributed by atoms with Crippen LogP contribution in [0.2, 0.25) is 0 Å². The zero-order chi connectivity index (χ0) is 14.7. The van der Waals surface area contributed by atoms with Gasteiger partial charge < -0.3 is 16.0 Å². The topological polar surface area (TPSA) is 88.3 Å². The number of amides is 3. The summed E-state index contributed by atoms with van der Waals surface area (Å²) in [6, 6.07) is -1.56. The highest BCUT2D eigenvalue weighted by molar-refractivity contribution is 7.09. The van der Waals surface area contributed by atoms with E-state index in [2.05, 4.69) is 10.3 Å². The van der Waals surface area contributed by atoms with Crippen molar-refractivity contribution in [3.63, 3.8) is 0 Å². The van der Waals surface area contributed by atoms with E-state index in [0.717, 1.165) is 4.90 Å². The summed E-state index contributed by atoms with van der Waals surface area (Å²) in [5.74, 6) is -0.642. The number of primary amides is 1. The van der Waals surface area contributed by atoms with E-state index in [9.17, 15) is 18.4 Å². The number of urea groups is 1. The molecule has 110 valence electrons. The summed E-state index contributed by atoms with van der Waals surface area (Å²) in [5, 5.41) is 4.52. The number of nitrogens with two attached hydrogens (primary N) is 1. The molecule has 20 heavy (non-hydrogen) atoms. The lowest BCUT2D eigenvalue weighted by molar-refractivity contribution is 0.0606. The second-order valence-corrected chi connectivity index (χ2v) is 5.33. The first-order valence-electron chi connectivity index (χ1n) is 6.06. The van der Waals surface area contributed by atoms with Crippen molar-refractivity contribution in [1.29, 1.82) is 0 Å². The fourth-order valence-corrected chi connectivity index (χ4v) is 2.79. The minimum atomic E-state index is -2.54. The van der Waals surface area contributed by atoms with Gasteiger partial charge in [-0.05, 0) is 12.8 Å². The monoisotopic (exact) mass is 304 g/mol. The second kappa shape index (κ2) is 6.12. The second-order valence-electron chi connectivity index (χ2n) is 4.39. The molecule has 0 aliphatic carbocycles. The molecule has 3 amide bonds. The molecule has 3 N–H and O–H groups in total. The Labute approximate surface area is 118 Å². The molecule has 0 unspecified atom stereocenters. The molecule has 0 radical (unpaired) electrons. The summed E-state index contributed by atoms with van der Waals surface area (Å²) in [4.78, 5) is 27.8. The van der Waals surface area contributed by atoms with E-state index < -0.39 is 24.4 Å². The van der Waals surface area contributed by atoms with Gasteiger partial charge in [0, 0.05) is 11.9 Å². The minimum Gasteiger partial charge on any atom is -0.364 e. The Morgan fingerprint density at radius 2 is 2.35 bits per heavy atom. The Balaban J connectivity index is 1.89. The number of rotatable bonds is 4. The molecule has 2 rings (SSSR count). The average Bonchev–Trinajstić information content (AvgIpc) is 3.04. The maximum Gasteiger partial charge on any atom is 0.318 e. The van der Waals surface area contributed by atoms with Crippen LogP contribution in [0.5, 0.6) is 0 Å². The molecule has 0 aromatic carbocycles. The Kier molecular flexibility index (Phi) is 4.48. The zero-order valence-electron chi connectivity index (χ0n) is 10.5. The van der Waals surface area contributed by atoms with E-state index >= 15 is 0 Å². The first-order chi connectivity index (χ1) is 9.49. The fraction of sp³-hybridized carbons (Fsp3) is 0.545. The largest absolute Gasteiger partial charge is 0.364 e. The molecule has 1 saturated heterocycles. The average molecular weight is 304 g/mol. The Morgan fingerprint density at radius 3 is 2.95 bits per heavy atom. The van der Waals surface area contributed by atoms with Crippen LogP contribution in [0.15, 0.2) is 5.38 Å². The number of aromatic nitrogens is 1. The lowest BCUT2D eigenvalue weighted by atomic mass is 10.2. The SMILES string of the molecule is NC(=O)c1csc(CNC(=O)N2CCC[C@H]2C(F)F)n1. The van der Waals surface area contributed by atoms with Crippen LogP contribution in [0.1, 0.15) is 28.3 Å². The number of thiazole rings is 1. The van der Waals surface area contributed by atoms with Gasteiger partial charge in [0.25, 0.3) is 12.3 Å². The van der Waals surface area contributed by atoms with Crippen LogP contribution >= 0.6 is 11.3 Å². The van der Waals surface area contributed by atoms with Crippen LogP contribution in [-0.2, 0) is 6.54 Å². The van der Waals surface area contributed by atoms with E-state index in [4.69, 9.17) is 5.73 Å².